The van der Waals surface area contributed by atoms with Crippen LogP contribution in [-0.4, -0.2) is 38.7 Å². The minimum absolute atomic E-state index is 0.0919. The Balaban J connectivity index is 1.99. The largest absolute Gasteiger partial charge is 0.490 e. The van der Waals surface area contributed by atoms with E-state index >= 15 is 0 Å². The van der Waals surface area contributed by atoms with E-state index < -0.39 is 15.9 Å². The second-order valence-corrected chi connectivity index (χ2v) is 7.30. The normalized spacial score (nSPS) is 16.5. The minimum Gasteiger partial charge on any atom is -0.490 e. The van der Waals surface area contributed by atoms with Crippen molar-refractivity contribution < 1.29 is 23.0 Å². The fourth-order valence-electron chi connectivity index (χ4n) is 2.09. The highest BCUT2D eigenvalue weighted by molar-refractivity contribution is 7.90. The molecule has 0 fully saturated rings. The minimum atomic E-state index is -2.98. The predicted molar refractivity (Wildman–Crippen MR) is 76.0 cm³/mol. The molecule has 0 bridgehead atoms. The zero-order valence-corrected chi connectivity index (χ0v) is 12.4. The maximum absolute atomic E-state index is 11.1. The van der Waals surface area contributed by atoms with Crippen LogP contribution in [0.25, 0.3) is 0 Å². The quantitative estimate of drug-likeness (QED) is 0.896. The van der Waals surface area contributed by atoms with Crippen molar-refractivity contribution in [3.8, 4) is 11.5 Å². The highest BCUT2D eigenvalue weighted by Crippen LogP contribution is 2.33. The predicted octanol–water partition coefficient (Wildman–Crippen LogP) is 1.71. The number of sulfone groups is 1. The second-order valence-electron chi connectivity index (χ2n) is 5.04. The summed E-state index contributed by atoms with van der Waals surface area (Å²) in [5, 5.41) is 10.1. The highest BCUT2D eigenvalue weighted by Gasteiger charge is 2.15. The zero-order chi connectivity index (χ0) is 14.6. The van der Waals surface area contributed by atoms with Gasteiger partial charge >= 0.3 is 0 Å². The van der Waals surface area contributed by atoms with Gasteiger partial charge in [-0.15, -0.1) is 0 Å². The van der Waals surface area contributed by atoms with Crippen molar-refractivity contribution in [3.63, 3.8) is 0 Å². The van der Waals surface area contributed by atoms with E-state index in [2.05, 4.69) is 0 Å². The van der Waals surface area contributed by atoms with Crippen LogP contribution in [0.2, 0.25) is 0 Å². The van der Waals surface area contributed by atoms with Gasteiger partial charge in [0.05, 0.1) is 19.3 Å². The molecule has 0 aromatic heterocycles. The number of ether oxygens (including phenoxy) is 2. The van der Waals surface area contributed by atoms with Gasteiger partial charge in [0.2, 0.25) is 0 Å². The Hall–Kier alpha value is -1.27. The molecule has 6 heteroatoms. The SMILES string of the molecule is CS(=O)(=O)CCCC(O)c1ccc2c(c1)OCCCO2. The van der Waals surface area contributed by atoms with Crippen LogP contribution in [0.3, 0.4) is 0 Å². The summed E-state index contributed by atoms with van der Waals surface area (Å²) in [5.74, 6) is 1.42. The number of rotatable bonds is 5. The molecule has 0 saturated carbocycles. The van der Waals surface area contributed by atoms with Gasteiger partial charge in [-0.05, 0) is 30.5 Å². The third kappa shape index (κ3) is 4.38. The molecule has 0 aliphatic carbocycles. The summed E-state index contributed by atoms with van der Waals surface area (Å²) in [6.07, 6.45) is 2.20. The van der Waals surface area contributed by atoms with Crippen molar-refractivity contribution in [3.05, 3.63) is 23.8 Å². The lowest BCUT2D eigenvalue weighted by Gasteiger charge is -2.13. The Bertz CT molecular complexity index is 553. The summed E-state index contributed by atoms with van der Waals surface area (Å²) >= 11 is 0. The lowest BCUT2D eigenvalue weighted by molar-refractivity contribution is 0.166. The molecule has 2 rings (SSSR count). The average Bonchev–Trinajstić information content (AvgIpc) is 2.61. The summed E-state index contributed by atoms with van der Waals surface area (Å²) in [6, 6.07) is 5.35. The van der Waals surface area contributed by atoms with Gasteiger partial charge in [0.25, 0.3) is 0 Å². The van der Waals surface area contributed by atoms with Crippen molar-refractivity contribution in [2.24, 2.45) is 0 Å². The van der Waals surface area contributed by atoms with Crippen LogP contribution in [0.4, 0.5) is 0 Å². The smallest absolute Gasteiger partial charge is 0.161 e. The molecule has 20 heavy (non-hydrogen) atoms. The molecule has 1 N–H and O–H groups in total. The maximum atomic E-state index is 11.1. The van der Waals surface area contributed by atoms with Gasteiger partial charge in [-0.1, -0.05) is 6.07 Å². The average molecular weight is 300 g/mol. The van der Waals surface area contributed by atoms with E-state index in [1.165, 1.54) is 6.26 Å². The third-order valence-corrected chi connectivity index (χ3v) is 4.18. The lowest BCUT2D eigenvalue weighted by atomic mass is 10.0. The van der Waals surface area contributed by atoms with Gasteiger partial charge in [-0.25, -0.2) is 8.42 Å². The Morgan fingerprint density at radius 3 is 2.65 bits per heavy atom. The van der Waals surface area contributed by atoms with E-state index in [1.807, 2.05) is 0 Å². The van der Waals surface area contributed by atoms with Gasteiger partial charge in [0.1, 0.15) is 9.84 Å². The zero-order valence-electron chi connectivity index (χ0n) is 11.5. The van der Waals surface area contributed by atoms with Gasteiger partial charge in [0, 0.05) is 18.4 Å². The van der Waals surface area contributed by atoms with E-state index in [0.717, 1.165) is 12.0 Å². The molecule has 1 heterocycles. The first-order valence-corrected chi connectivity index (χ1v) is 8.77. The van der Waals surface area contributed by atoms with Gasteiger partial charge in [-0.2, -0.15) is 0 Å². The molecule has 1 aliphatic rings. The van der Waals surface area contributed by atoms with Crippen LogP contribution in [0.5, 0.6) is 11.5 Å². The fourth-order valence-corrected chi connectivity index (χ4v) is 2.78. The Labute approximate surface area is 119 Å². The first-order valence-electron chi connectivity index (χ1n) is 6.71. The molecule has 112 valence electrons. The second kappa shape index (κ2) is 6.45. The van der Waals surface area contributed by atoms with Crippen LogP contribution in [0.1, 0.15) is 30.9 Å². The number of aliphatic hydroxyl groups is 1. The number of fused-ring (bicyclic) bond motifs is 1. The first-order chi connectivity index (χ1) is 9.46. The van der Waals surface area contributed by atoms with Gasteiger partial charge < -0.3 is 14.6 Å². The molecule has 0 radical (unpaired) electrons. The monoisotopic (exact) mass is 300 g/mol. The van der Waals surface area contributed by atoms with Crippen LogP contribution in [0, 0.1) is 0 Å². The van der Waals surface area contributed by atoms with E-state index in [-0.39, 0.29) is 5.75 Å². The van der Waals surface area contributed by atoms with Gasteiger partial charge in [0.15, 0.2) is 11.5 Å². The summed E-state index contributed by atoms with van der Waals surface area (Å²) < 4.78 is 33.2. The molecule has 5 nitrogen and oxygen atoms in total. The van der Waals surface area contributed by atoms with Crippen molar-refractivity contribution >= 4 is 9.84 Å². The highest BCUT2D eigenvalue weighted by atomic mass is 32.2. The van der Waals surface area contributed by atoms with E-state index in [1.54, 1.807) is 18.2 Å². The molecule has 1 unspecified atom stereocenters. The standard InChI is InChI=1S/C14H20O5S/c1-20(16,17)9-2-4-12(15)11-5-6-13-14(10-11)19-8-3-7-18-13/h5-6,10,12,15H,2-4,7-9H2,1H3. The Morgan fingerprint density at radius 2 is 1.95 bits per heavy atom. The van der Waals surface area contributed by atoms with Crippen LogP contribution < -0.4 is 9.47 Å². The summed E-state index contributed by atoms with van der Waals surface area (Å²) in [5.41, 5.74) is 0.725. The van der Waals surface area contributed by atoms with Crippen molar-refractivity contribution in [2.75, 3.05) is 25.2 Å². The molecular formula is C14H20O5S. The molecular weight excluding hydrogens is 280 g/mol. The first kappa shape index (κ1) is 15.1. The third-order valence-electron chi connectivity index (χ3n) is 3.15. The number of hydrogen-bond donors (Lipinski definition) is 1. The van der Waals surface area contributed by atoms with Crippen molar-refractivity contribution in [1.29, 1.82) is 0 Å². The molecule has 0 spiro atoms. The fraction of sp³-hybridized carbons (Fsp3) is 0.571. The number of aliphatic hydroxyl groups excluding tert-OH is 1. The lowest BCUT2D eigenvalue weighted by Crippen LogP contribution is -2.06. The molecule has 1 aromatic carbocycles. The topological polar surface area (TPSA) is 72.8 Å². The summed E-state index contributed by atoms with van der Waals surface area (Å²) in [6.45, 7) is 1.23. The van der Waals surface area contributed by atoms with Crippen LogP contribution >= 0.6 is 0 Å². The van der Waals surface area contributed by atoms with E-state index in [0.29, 0.717) is 37.6 Å². The van der Waals surface area contributed by atoms with Crippen molar-refractivity contribution in [1.82, 2.24) is 0 Å². The van der Waals surface area contributed by atoms with E-state index in [4.69, 9.17) is 9.47 Å². The van der Waals surface area contributed by atoms with Gasteiger partial charge in [-0.3, -0.25) is 0 Å². The molecule has 1 aliphatic heterocycles. The Morgan fingerprint density at radius 1 is 1.25 bits per heavy atom. The van der Waals surface area contributed by atoms with Crippen LogP contribution in [-0.2, 0) is 9.84 Å². The number of hydrogen-bond acceptors (Lipinski definition) is 5. The number of benzene rings is 1. The van der Waals surface area contributed by atoms with E-state index in [9.17, 15) is 13.5 Å². The summed E-state index contributed by atoms with van der Waals surface area (Å²) in [7, 11) is -2.98. The molecule has 1 aromatic rings. The van der Waals surface area contributed by atoms with Crippen LogP contribution in [0.15, 0.2) is 18.2 Å². The maximum Gasteiger partial charge on any atom is 0.161 e. The summed E-state index contributed by atoms with van der Waals surface area (Å²) in [4.78, 5) is 0. The molecule has 1 atom stereocenters. The van der Waals surface area contributed by atoms with Crippen molar-refractivity contribution in [2.45, 2.75) is 25.4 Å². The Kier molecular flexibility index (Phi) is 4.88. The molecule has 0 saturated heterocycles. The molecule has 0 amide bonds.